The average molecular weight is 341 g/mol. The lowest BCUT2D eigenvalue weighted by Gasteiger charge is -2.37. The van der Waals surface area contributed by atoms with E-state index in [-0.39, 0.29) is 23.1 Å². The van der Waals surface area contributed by atoms with Gasteiger partial charge in [-0.2, -0.15) is 0 Å². The van der Waals surface area contributed by atoms with Gasteiger partial charge in [0.1, 0.15) is 5.82 Å². The standard InChI is InChI=1S/C17H22ClFN2O2/c1-12(17(22)20-6-2-3-7-20)21-8-9-23-16(11-21)13-4-5-15(19)14(18)10-13/h4-5,10,12,16H,2-3,6-9,11H2,1H3/t12-,16+/m1/s1. The number of morpholine rings is 1. The van der Waals surface area contributed by atoms with Gasteiger partial charge in [-0.15, -0.1) is 0 Å². The number of hydrogen-bond donors (Lipinski definition) is 0. The molecule has 0 unspecified atom stereocenters. The molecular weight excluding hydrogens is 319 g/mol. The highest BCUT2D eigenvalue weighted by atomic mass is 35.5. The molecular formula is C17H22ClFN2O2. The van der Waals surface area contributed by atoms with Crippen molar-refractivity contribution in [1.29, 1.82) is 0 Å². The van der Waals surface area contributed by atoms with Gasteiger partial charge in [0.15, 0.2) is 0 Å². The average Bonchev–Trinajstić information content (AvgIpc) is 3.10. The third-order valence-electron chi connectivity index (χ3n) is 4.74. The molecule has 4 nitrogen and oxygen atoms in total. The minimum absolute atomic E-state index is 0.101. The van der Waals surface area contributed by atoms with Crippen molar-refractivity contribution in [2.24, 2.45) is 0 Å². The lowest BCUT2D eigenvalue weighted by molar-refractivity contribution is -0.138. The molecule has 2 atom stereocenters. The van der Waals surface area contributed by atoms with E-state index >= 15 is 0 Å². The van der Waals surface area contributed by atoms with Crippen molar-refractivity contribution in [3.63, 3.8) is 0 Å². The van der Waals surface area contributed by atoms with E-state index in [1.807, 2.05) is 11.8 Å². The Morgan fingerprint density at radius 2 is 2.09 bits per heavy atom. The van der Waals surface area contributed by atoms with Crippen LogP contribution in [-0.2, 0) is 9.53 Å². The van der Waals surface area contributed by atoms with Crippen LogP contribution in [0.25, 0.3) is 0 Å². The number of nitrogens with zero attached hydrogens (tertiary/aromatic N) is 2. The molecule has 2 heterocycles. The van der Waals surface area contributed by atoms with E-state index in [2.05, 4.69) is 4.90 Å². The summed E-state index contributed by atoms with van der Waals surface area (Å²) in [6, 6.07) is 4.51. The summed E-state index contributed by atoms with van der Waals surface area (Å²) in [6.07, 6.45) is 2.01. The van der Waals surface area contributed by atoms with Crippen molar-refractivity contribution >= 4 is 17.5 Å². The molecule has 126 valence electrons. The van der Waals surface area contributed by atoms with Crippen molar-refractivity contribution in [2.45, 2.75) is 31.9 Å². The molecule has 0 N–H and O–H groups in total. The molecule has 2 aliphatic rings. The quantitative estimate of drug-likeness (QED) is 0.848. The number of ether oxygens (including phenoxy) is 1. The van der Waals surface area contributed by atoms with Crippen molar-refractivity contribution in [1.82, 2.24) is 9.80 Å². The molecule has 0 saturated carbocycles. The number of amides is 1. The lowest BCUT2D eigenvalue weighted by Crippen LogP contribution is -2.50. The van der Waals surface area contributed by atoms with E-state index in [0.717, 1.165) is 38.0 Å². The molecule has 3 rings (SSSR count). The first-order valence-corrected chi connectivity index (χ1v) is 8.53. The molecule has 6 heteroatoms. The first-order chi connectivity index (χ1) is 11.1. The molecule has 1 aromatic rings. The normalized spacial score (nSPS) is 24.0. The van der Waals surface area contributed by atoms with Crippen molar-refractivity contribution in [2.75, 3.05) is 32.8 Å². The third-order valence-corrected chi connectivity index (χ3v) is 5.03. The summed E-state index contributed by atoms with van der Waals surface area (Å²) in [5.74, 6) is -0.235. The Bertz CT molecular complexity index is 578. The Morgan fingerprint density at radius 3 is 2.78 bits per heavy atom. The monoisotopic (exact) mass is 340 g/mol. The number of carbonyl (C=O) groups is 1. The Hall–Kier alpha value is -1.17. The van der Waals surface area contributed by atoms with Crippen LogP contribution in [0.3, 0.4) is 0 Å². The zero-order valence-electron chi connectivity index (χ0n) is 13.3. The molecule has 0 aromatic heterocycles. The first kappa shape index (κ1) is 16.7. The SMILES string of the molecule is C[C@H](C(=O)N1CCCC1)N1CCO[C@H](c2ccc(F)c(Cl)c2)C1. The Labute approximate surface area is 141 Å². The fraction of sp³-hybridized carbons (Fsp3) is 0.588. The van der Waals surface area contributed by atoms with Crippen molar-refractivity contribution in [3.8, 4) is 0 Å². The van der Waals surface area contributed by atoms with E-state index in [0.29, 0.717) is 13.2 Å². The van der Waals surface area contributed by atoms with E-state index in [4.69, 9.17) is 16.3 Å². The predicted octanol–water partition coefficient (Wildman–Crippen LogP) is 2.86. The van der Waals surface area contributed by atoms with Gasteiger partial charge in [-0.25, -0.2) is 4.39 Å². The highest BCUT2D eigenvalue weighted by Crippen LogP contribution is 2.27. The minimum atomic E-state index is -0.430. The van der Waals surface area contributed by atoms with Crippen LogP contribution in [0.2, 0.25) is 5.02 Å². The molecule has 0 bridgehead atoms. The van der Waals surface area contributed by atoms with Gasteiger partial charge in [0, 0.05) is 26.2 Å². The smallest absolute Gasteiger partial charge is 0.239 e. The van der Waals surface area contributed by atoms with E-state index in [1.54, 1.807) is 12.1 Å². The van der Waals surface area contributed by atoms with Gasteiger partial charge in [-0.05, 0) is 37.5 Å². The first-order valence-electron chi connectivity index (χ1n) is 8.15. The number of hydrogen-bond acceptors (Lipinski definition) is 3. The molecule has 1 aromatic carbocycles. The Morgan fingerprint density at radius 1 is 1.35 bits per heavy atom. The lowest BCUT2D eigenvalue weighted by atomic mass is 10.1. The van der Waals surface area contributed by atoms with E-state index < -0.39 is 5.82 Å². The number of carbonyl (C=O) groups excluding carboxylic acids is 1. The molecule has 0 spiro atoms. The highest BCUT2D eigenvalue weighted by molar-refractivity contribution is 6.30. The highest BCUT2D eigenvalue weighted by Gasteiger charge is 2.32. The Kier molecular flexibility index (Phi) is 5.19. The van der Waals surface area contributed by atoms with Gasteiger partial charge in [0.2, 0.25) is 5.91 Å². The summed E-state index contributed by atoms with van der Waals surface area (Å²) in [5.41, 5.74) is 0.849. The van der Waals surface area contributed by atoms with Crippen LogP contribution in [0, 0.1) is 5.82 Å². The van der Waals surface area contributed by atoms with Crippen LogP contribution in [0.1, 0.15) is 31.4 Å². The van der Waals surface area contributed by atoms with Gasteiger partial charge in [0.25, 0.3) is 0 Å². The summed E-state index contributed by atoms with van der Waals surface area (Å²) in [6.45, 7) is 5.59. The maximum Gasteiger partial charge on any atom is 0.239 e. The second-order valence-corrected chi connectivity index (χ2v) is 6.64. The predicted molar refractivity (Wildman–Crippen MR) is 87.0 cm³/mol. The summed E-state index contributed by atoms with van der Waals surface area (Å²) >= 11 is 5.86. The van der Waals surface area contributed by atoms with Gasteiger partial charge >= 0.3 is 0 Å². The summed E-state index contributed by atoms with van der Waals surface area (Å²) in [7, 11) is 0. The largest absolute Gasteiger partial charge is 0.371 e. The molecule has 2 saturated heterocycles. The second-order valence-electron chi connectivity index (χ2n) is 6.24. The van der Waals surface area contributed by atoms with Gasteiger partial charge in [-0.3, -0.25) is 9.69 Å². The van der Waals surface area contributed by atoms with Gasteiger partial charge in [-0.1, -0.05) is 17.7 Å². The van der Waals surface area contributed by atoms with Crippen LogP contribution >= 0.6 is 11.6 Å². The maximum absolute atomic E-state index is 13.3. The van der Waals surface area contributed by atoms with Crippen LogP contribution in [0.4, 0.5) is 4.39 Å². The van der Waals surface area contributed by atoms with Crippen LogP contribution in [0.5, 0.6) is 0 Å². The van der Waals surface area contributed by atoms with Crippen LogP contribution in [-0.4, -0.2) is 54.5 Å². The molecule has 2 fully saturated rings. The third kappa shape index (κ3) is 3.67. The number of likely N-dealkylation sites (tertiary alicyclic amines) is 1. The zero-order valence-corrected chi connectivity index (χ0v) is 14.1. The van der Waals surface area contributed by atoms with Crippen LogP contribution < -0.4 is 0 Å². The topological polar surface area (TPSA) is 32.8 Å². The summed E-state index contributed by atoms with van der Waals surface area (Å²) in [5, 5.41) is 0.101. The number of benzene rings is 1. The zero-order chi connectivity index (χ0) is 16.4. The number of halogens is 2. The van der Waals surface area contributed by atoms with Crippen molar-refractivity contribution in [3.05, 3.63) is 34.6 Å². The molecule has 23 heavy (non-hydrogen) atoms. The summed E-state index contributed by atoms with van der Waals surface area (Å²) < 4.78 is 19.1. The second kappa shape index (κ2) is 7.16. The minimum Gasteiger partial charge on any atom is -0.371 e. The Balaban J connectivity index is 1.67. The fourth-order valence-electron chi connectivity index (χ4n) is 3.29. The van der Waals surface area contributed by atoms with Gasteiger partial charge < -0.3 is 9.64 Å². The molecule has 0 radical (unpaired) electrons. The fourth-order valence-corrected chi connectivity index (χ4v) is 3.48. The maximum atomic E-state index is 13.3. The van der Waals surface area contributed by atoms with Crippen molar-refractivity contribution < 1.29 is 13.9 Å². The molecule has 0 aliphatic carbocycles. The summed E-state index contributed by atoms with van der Waals surface area (Å²) in [4.78, 5) is 16.7. The van der Waals surface area contributed by atoms with E-state index in [1.165, 1.54) is 6.07 Å². The van der Waals surface area contributed by atoms with Crippen LogP contribution in [0.15, 0.2) is 18.2 Å². The molecule has 1 amide bonds. The van der Waals surface area contributed by atoms with Gasteiger partial charge in [0.05, 0.1) is 23.8 Å². The molecule has 2 aliphatic heterocycles. The number of rotatable bonds is 3. The van der Waals surface area contributed by atoms with E-state index in [9.17, 15) is 9.18 Å².